The smallest absolute Gasteiger partial charge is 0.191 e. The SMILES string of the molecule is CCC(CC)C(CNC(=NC)NCCc1csc(C(C)C)n1)N1CCOCC1. The van der Waals surface area contributed by atoms with Gasteiger partial charge in [0.2, 0.25) is 0 Å². The molecule has 2 heterocycles. The molecule has 1 unspecified atom stereocenters. The highest BCUT2D eigenvalue weighted by Gasteiger charge is 2.26. The van der Waals surface area contributed by atoms with Crippen LogP contribution < -0.4 is 10.6 Å². The van der Waals surface area contributed by atoms with Crippen molar-refractivity contribution in [2.45, 2.75) is 58.9 Å². The highest BCUT2D eigenvalue weighted by atomic mass is 32.1. The third-order valence-corrected chi connectivity index (χ3v) is 6.74. The molecule has 7 heteroatoms. The van der Waals surface area contributed by atoms with Crippen LogP contribution in [0.5, 0.6) is 0 Å². The van der Waals surface area contributed by atoms with Gasteiger partial charge in [-0.2, -0.15) is 0 Å². The molecule has 28 heavy (non-hydrogen) atoms. The molecule has 1 aliphatic heterocycles. The lowest BCUT2D eigenvalue weighted by molar-refractivity contribution is 0.00272. The Morgan fingerprint density at radius 3 is 2.54 bits per heavy atom. The zero-order valence-electron chi connectivity index (χ0n) is 18.3. The largest absolute Gasteiger partial charge is 0.379 e. The van der Waals surface area contributed by atoms with E-state index in [2.05, 4.69) is 53.6 Å². The number of aromatic nitrogens is 1. The van der Waals surface area contributed by atoms with E-state index >= 15 is 0 Å². The van der Waals surface area contributed by atoms with Crippen molar-refractivity contribution in [3.8, 4) is 0 Å². The molecule has 1 aromatic heterocycles. The third-order valence-electron chi connectivity index (χ3n) is 5.55. The Morgan fingerprint density at radius 1 is 1.25 bits per heavy atom. The van der Waals surface area contributed by atoms with Gasteiger partial charge in [-0.1, -0.05) is 40.5 Å². The van der Waals surface area contributed by atoms with Crippen molar-refractivity contribution in [2.75, 3.05) is 46.4 Å². The second kappa shape index (κ2) is 12.4. The van der Waals surface area contributed by atoms with E-state index < -0.39 is 0 Å². The van der Waals surface area contributed by atoms with Crippen molar-refractivity contribution in [2.24, 2.45) is 10.9 Å². The summed E-state index contributed by atoms with van der Waals surface area (Å²) in [4.78, 5) is 11.7. The van der Waals surface area contributed by atoms with E-state index in [0.717, 1.165) is 51.8 Å². The van der Waals surface area contributed by atoms with Crippen LogP contribution in [0.2, 0.25) is 0 Å². The quantitative estimate of drug-likeness (QED) is 0.459. The van der Waals surface area contributed by atoms with Crippen molar-refractivity contribution in [1.82, 2.24) is 20.5 Å². The molecule has 2 rings (SSSR count). The summed E-state index contributed by atoms with van der Waals surface area (Å²) in [6.07, 6.45) is 3.33. The number of nitrogens with one attached hydrogen (secondary N) is 2. The number of hydrogen-bond donors (Lipinski definition) is 2. The summed E-state index contributed by atoms with van der Waals surface area (Å²) in [7, 11) is 1.84. The van der Waals surface area contributed by atoms with Crippen LogP contribution >= 0.6 is 11.3 Å². The number of rotatable bonds is 10. The van der Waals surface area contributed by atoms with E-state index in [1.54, 1.807) is 11.3 Å². The van der Waals surface area contributed by atoms with Gasteiger partial charge in [0, 0.05) is 57.0 Å². The number of hydrogen-bond acceptors (Lipinski definition) is 5. The molecule has 6 nitrogen and oxygen atoms in total. The predicted octanol–water partition coefficient (Wildman–Crippen LogP) is 3.11. The molecule has 0 bridgehead atoms. The van der Waals surface area contributed by atoms with Crippen LogP contribution in [0.25, 0.3) is 0 Å². The van der Waals surface area contributed by atoms with Gasteiger partial charge < -0.3 is 15.4 Å². The third kappa shape index (κ3) is 7.01. The number of aliphatic imine (C=N–C) groups is 1. The van der Waals surface area contributed by atoms with E-state index in [1.807, 2.05) is 7.05 Å². The number of morpholine rings is 1. The van der Waals surface area contributed by atoms with E-state index in [9.17, 15) is 0 Å². The molecule has 2 N–H and O–H groups in total. The highest BCUT2D eigenvalue weighted by molar-refractivity contribution is 7.09. The number of thiazole rings is 1. The van der Waals surface area contributed by atoms with Gasteiger partial charge in [0.05, 0.1) is 23.9 Å². The molecule has 0 amide bonds. The number of ether oxygens (including phenoxy) is 1. The fraction of sp³-hybridized carbons (Fsp3) is 0.810. The fourth-order valence-corrected chi connectivity index (χ4v) is 4.64. The van der Waals surface area contributed by atoms with E-state index in [0.29, 0.717) is 17.9 Å². The molecule has 1 atom stereocenters. The van der Waals surface area contributed by atoms with Crippen LogP contribution in [-0.4, -0.2) is 68.3 Å². The van der Waals surface area contributed by atoms with Crippen LogP contribution in [0.1, 0.15) is 57.2 Å². The average molecular weight is 410 g/mol. The first kappa shape index (κ1) is 23.1. The summed E-state index contributed by atoms with van der Waals surface area (Å²) < 4.78 is 5.55. The molecule has 1 saturated heterocycles. The van der Waals surface area contributed by atoms with Gasteiger partial charge in [0.1, 0.15) is 0 Å². The van der Waals surface area contributed by atoms with Gasteiger partial charge in [0.25, 0.3) is 0 Å². The summed E-state index contributed by atoms with van der Waals surface area (Å²) in [6.45, 7) is 14.5. The van der Waals surface area contributed by atoms with Crippen molar-refractivity contribution in [3.63, 3.8) is 0 Å². The molecule has 1 aromatic rings. The summed E-state index contributed by atoms with van der Waals surface area (Å²) in [6, 6.07) is 0.518. The van der Waals surface area contributed by atoms with Gasteiger partial charge in [-0.25, -0.2) is 4.98 Å². The second-order valence-electron chi connectivity index (χ2n) is 7.75. The predicted molar refractivity (Wildman–Crippen MR) is 120 cm³/mol. The zero-order valence-corrected chi connectivity index (χ0v) is 19.1. The standard InChI is InChI=1S/C21H39N5OS/c1-6-17(7-2)19(26-10-12-27-13-11-26)14-24-21(22-5)23-9-8-18-15-28-20(25-18)16(3)4/h15-17,19H,6-14H2,1-5H3,(H2,22,23,24). The van der Waals surface area contributed by atoms with Crippen LogP contribution in [0, 0.1) is 5.92 Å². The Labute approximate surface area is 175 Å². The molecule has 0 radical (unpaired) electrons. The van der Waals surface area contributed by atoms with Crippen LogP contribution in [0.4, 0.5) is 0 Å². The Hall–Kier alpha value is -1.18. The molecular weight excluding hydrogens is 370 g/mol. The van der Waals surface area contributed by atoms with Gasteiger partial charge in [-0.05, 0) is 5.92 Å². The molecule has 0 aliphatic carbocycles. The minimum Gasteiger partial charge on any atom is -0.379 e. The molecular formula is C21H39N5OS. The van der Waals surface area contributed by atoms with Crippen molar-refractivity contribution in [1.29, 1.82) is 0 Å². The number of nitrogens with zero attached hydrogens (tertiary/aromatic N) is 3. The van der Waals surface area contributed by atoms with Crippen molar-refractivity contribution >= 4 is 17.3 Å². The molecule has 160 valence electrons. The normalized spacial score (nSPS) is 17.3. The first-order valence-electron chi connectivity index (χ1n) is 10.8. The maximum Gasteiger partial charge on any atom is 0.191 e. The fourth-order valence-electron chi connectivity index (χ4n) is 3.77. The monoisotopic (exact) mass is 409 g/mol. The summed E-state index contributed by atoms with van der Waals surface area (Å²) in [5, 5.41) is 10.4. The Balaban J connectivity index is 1.83. The average Bonchev–Trinajstić information content (AvgIpc) is 3.19. The maximum atomic E-state index is 5.55. The van der Waals surface area contributed by atoms with E-state index in [4.69, 9.17) is 9.72 Å². The Bertz CT molecular complexity index is 579. The molecule has 0 saturated carbocycles. The maximum absolute atomic E-state index is 5.55. The zero-order chi connectivity index (χ0) is 20.4. The van der Waals surface area contributed by atoms with E-state index in [1.165, 1.54) is 23.5 Å². The summed E-state index contributed by atoms with van der Waals surface area (Å²) in [5.74, 6) is 2.07. The minimum atomic E-state index is 0.503. The van der Waals surface area contributed by atoms with Gasteiger partial charge in [-0.15, -0.1) is 11.3 Å². The molecule has 0 aromatic carbocycles. The second-order valence-corrected chi connectivity index (χ2v) is 8.64. The van der Waals surface area contributed by atoms with Gasteiger partial charge in [-0.3, -0.25) is 9.89 Å². The van der Waals surface area contributed by atoms with Crippen molar-refractivity contribution in [3.05, 3.63) is 16.1 Å². The topological polar surface area (TPSA) is 61.8 Å². The lowest BCUT2D eigenvalue weighted by Gasteiger charge is -2.39. The van der Waals surface area contributed by atoms with Crippen LogP contribution in [0.15, 0.2) is 10.4 Å². The Morgan fingerprint density at radius 2 is 1.96 bits per heavy atom. The van der Waals surface area contributed by atoms with Gasteiger partial charge >= 0.3 is 0 Å². The van der Waals surface area contributed by atoms with Crippen molar-refractivity contribution < 1.29 is 4.74 Å². The van der Waals surface area contributed by atoms with E-state index in [-0.39, 0.29) is 0 Å². The lowest BCUT2D eigenvalue weighted by Crippen LogP contribution is -2.53. The molecule has 0 spiro atoms. The Kier molecular flexibility index (Phi) is 10.2. The van der Waals surface area contributed by atoms with Crippen LogP contribution in [-0.2, 0) is 11.2 Å². The molecule has 1 fully saturated rings. The summed E-state index contributed by atoms with van der Waals surface area (Å²) >= 11 is 1.76. The highest BCUT2D eigenvalue weighted by Crippen LogP contribution is 2.20. The summed E-state index contributed by atoms with van der Waals surface area (Å²) in [5.41, 5.74) is 1.17. The first-order valence-corrected chi connectivity index (χ1v) is 11.7. The first-order chi connectivity index (χ1) is 13.6. The van der Waals surface area contributed by atoms with Gasteiger partial charge in [0.15, 0.2) is 5.96 Å². The minimum absolute atomic E-state index is 0.503. The van der Waals surface area contributed by atoms with Crippen LogP contribution in [0.3, 0.4) is 0 Å². The molecule has 1 aliphatic rings. The number of guanidine groups is 1. The lowest BCUT2D eigenvalue weighted by atomic mass is 9.92.